The van der Waals surface area contributed by atoms with Crippen LogP contribution in [0, 0.1) is 0 Å². The summed E-state index contributed by atoms with van der Waals surface area (Å²) >= 11 is 0. The topological polar surface area (TPSA) is 182 Å². The summed E-state index contributed by atoms with van der Waals surface area (Å²) in [6, 6.07) is 19.6. The first-order chi connectivity index (χ1) is 25.3. The highest BCUT2D eigenvalue weighted by atomic mass is 16.7. The normalized spacial score (nSPS) is 17.8. The Morgan fingerprint density at radius 1 is 0.981 bits per heavy atom. The van der Waals surface area contributed by atoms with Gasteiger partial charge < -0.3 is 49.8 Å². The summed E-state index contributed by atoms with van der Waals surface area (Å²) < 4.78 is 33.7. The maximum absolute atomic E-state index is 12.8. The van der Waals surface area contributed by atoms with Crippen LogP contribution in [0.15, 0.2) is 101 Å². The number of morpholine rings is 1. The molecule has 52 heavy (non-hydrogen) atoms. The summed E-state index contributed by atoms with van der Waals surface area (Å²) in [4.78, 5) is 51.6. The minimum Gasteiger partial charge on any atom is -0.484 e. The summed E-state index contributed by atoms with van der Waals surface area (Å²) in [5.74, 6) is -1.03. The van der Waals surface area contributed by atoms with Gasteiger partial charge in [-0.25, -0.2) is 0 Å². The van der Waals surface area contributed by atoms with Crippen molar-refractivity contribution in [3.63, 3.8) is 0 Å². The fourth-order valence-corrected chi connectivity index (χ4v) is 5.47. The number of aromatic nitrogens is 1. The van der Waals surface area contributed by atoms with Crippen molar-refractivity contribution in [3.05, 3.63) is 123 Å². The van der Waals surface area contributed by atoms with E-state index in [1.807, 2.05) is 60.7 Å². The van der Waals surface area contributed by atoms with E-state index in [9.17, 15) is 19.2 Å². The van der Waals surface area contributed by atoms with Gasteiger partial charge in [-0.3, -0.25) is 23.9 Å². The Balaban J connectivity index is 0.000000203. The summed E-state index contributed by atoms with van der Waals surface area (Å²) in [5, 5.41) is 2.69. The number of pyridine rings is 1. The average molecular weight is 718 g/mol. The Morgan fingerprint density at radius 2 is 1.65 bits per heavy atom. The first-order valence-electron chi connectivity index (χ1n) is 16.7. The number of methoxy groups -OCH3 is 2. The van der Waals surface area contributed by atoms with Crippen LogP contribution in [-0.4, -0.2) is 99.4 Å². The number of carbonyl (C=O) groups is 3. The van der Waals surface area contributed by atoms with Crippen LogP contribution in [0.3, 0.4) is 0 Å². The first-order valence-corrected chi connectivity index (χ1v) is 16.7. The molecule has 0 bridgehead atoms. The Bertz CT molecular complexity index is 1790. The number of carbonyl (C=O) groups excluding carboxylic acids is 3. The van der Waals surface area contributed by atoms with Gasteiger partial charge in [0.1, 0.15) is 19.4 Å². The van der Waals surface area contributed by atoms with Crippen LogP contribution < -0.4 is 26.6 Å². The van der Waals surface area contributed by atoms with Crippen molar-refractivity contribution in [2.45, 2.75) is 31.7 Å². The molecule has 276 valence electrons. The molecule has 2 atom stereocenters. The molecule has 0 radical (unpaired) electrons. The minimum absolute atomic E-state index is 0.0314. The second-order valence-corrected chi connectivity index (χ2v) is 11.7. The number of rotatable bonds is 14. The third-order valence-electron chi connectivity index (χ3n) is 8.20. The number of fused-ring (bicyclic) bond motifs is 2. The van der Waals surface area contributed by atoms with Crippen LogP contribution in [-0.2, 0) is 46.5 Å². The fraction of sp³-hybridized carbons (Fsp3) is 0.351. The first kappa shape index (κ1) is 37.9. The smallest absolute Gasteiger partial charge is 0.278 e. The van der Waals surface area contributed by atoms with Gasteiger partial charge in [0.25, 0.3) is 11.8 Å². The molecule has 15 nitrogen and oxygen atoms in total. The van der Waals surface area contributed by atoms with Gasteiger partial charge in [0.05, 0.1) is 38.0 Å². The quantitative estimate of drug-likeness (QED) is 0.162. The van der Waals surface area contributed by atoms with Crippen molar-refractivity contribution in [3.8, 4) is 5.75 Å². The lowest BCUT2D eigenvalue weighted by Crippen LogP contribution is -2.59. The zero-order valence-electron chi connectivity index (χ0n) is 29.0. The van der Waals surface area contributed by atoms with E-state index in [2.05, 4.69) is 10.7 Å². The Kier molecular flexibility index (Phi) is 13.7. The van der Waals surface area contributed by atoms with Gasteiger partial charge in [-0.2, -0.15) is 0 Å². The highest BCUT2D eigenvalue weighted by Crippen LogP contribution is 2.23. The lowest BCUT2D eigenvalue weighted by atomic mass is 9.97. The van der Waals surface area contributed by atoms with Crippen LogP contribution >= 0.6 is 0 Å². The second kappa shape index (κ2) is 18.8. The summed E-state index contributed by atoms with van der Waals surface area (Å²) in [6.07, 6.45) is 3.65. The molecule has 2 unspecified atom stereocenters. The van der Waals surface area contributed by atoms with Gasteiger partial charge in [-0.15, -0.1) is 0 Å². The number of ether oxygens (including phenoxy) is 6. The zero-order chi connectivity index (χ0) is 36.9. The van der Waals surface area contributed by atoms with Crippen molar-refractivity contribution in [1.29, 1.82) is 0 Å². The molecule has 1 saturated heterocycles. The molecule has 3 heterocycles. The number of allylic oxidation sites excluding steroid dienone is 1. The van der Waals surface area contributed by atoms with E-state index in [4.69, 9.17) is 34.2 Å². The van der Waals surface area contributed by atoms with Crippen molar-refractivity contribution in [2.75, 3.05) is 59.2 Å². The molecule has 3 aliphatic rings. The van der Waals surface area contributed by atoms with Crippen LogP contribution in [0.5, 0.6) is 5.75 Å². The number of nitrogens with one attached hydrogen (secondary N) is 2. The van der Waals surface area contributed by atoms with Crippen molar-refractivity contribution in [2.24, 2.45) is 5.73 Å². The Morgan fingerprint density at radius 3 is 2.33 bits per heavy atom. The lowest BCUT2D eigenvalue weighted by Gasteiger charge is -2.41. The standard InChI is InChI=1S/C20H26N2O6.C17H17N3O4/c1-25-17(26-2)13-27-11-10-22-20(24)18-15(21)8-9-16(23)19(18)28-12-14-6-4-3-5-7-14;21-13-6-7-20-15(16(13)24-10-12-4-2-1-3-5-12)17(22)19-8-9-23-11-14(19)18-20/h3-9,15,17H,10-13,21H2,1-2H3,(H,22,24);1-7,14,18H,8-11H2. The molecule has 1 aromatic heterocycles. The van der Waals surface area contributed by atoms with E-state index in [0.29, 0.717) is 19.8 Å². The zero-order valence-corrected chi connectivity index (χ0v) is 29.0. The number of nitrogens with two attached hydrogens (primary N) is 1. The lowest BCUT2D eigenvalue weighted by molar-refractivity contribution is -0.140. The summed E-state index contributed by atoms with van der Waals surface area (Å²) in [6.45, 7) is 2.50. The molecular formula is C37H43N5O10. The predicted octanol–water partition coefficient (Wildman–Crippen LogP) is 1.46. The fourth-order valence-electron chi connectivity index (χ4n) is 5.47. The summed E-state index contributed by atoms with van der Waals surface area (Å²) in [7, 11) is 3.02. The maximum atomic E-state index is 12.8. The third-order valence-corrected chi connectivity index (χ3v) is 8.20. The van der Waals surface area contributed by atoms with Crippen molar-refractivity contribution < 1.29 is 42.8 Å². The van der Waals surface area contributed by atoms with E-state index in [0.717, 1.165) is 11.1 Å². The van der Waals surface area contributed by atoms with E-state index < -0.39 is 18.2 Å². The second-order valence-electron chi connectivity index (χ2n) is 11.7. The van der Waals surface area contributed by atoms with Crippen molar-refractivity contribution in [1.82, 2.24) is 14.9 Å². The monoisotopic (exact) mass is 717 g/mol. The Hall–Kier alpha value is -5.32. The molecular weight excluding hydrogens is 674 g/mol. The number of hydrogen-bond acceptors (Lipinski definition) is 12. The number of amides is 2. The van der Waals surface area contributed by atoms with Gasteiger partial charge >= 0.3 is 0 Å². The number of benzene rings is 2. The SMILES string of the molecule is COC(COCCNC(=O)C1=C(OCc2ccccc2)C(=O)C=CC1N)OC.O=C1c2c(OCc3ccccc3)c(=O)ccn2NC2COCCN12. The molecule has 15 heteroatoms. The Labute approximate surface area is 300 Å². The molecule has 1 fully saturated rings. The summed E-state index contributed by atoms with van der Waals surface area (Å²) in [5.41, 5.74) is 11.0. The number of nitrogens with zero attached hydrogens (tertiary/aromatic N) is 2. The van der Waals surface area contributed by atoms with E-state index in [1.54, 1.807) is 15.8 Å². The van der Waals surface area contributed by atoms with Gasteiger partial charge in [-0.1, -0.05) is 66.7 Å². The molecule has 2 aliphatic heterocycles. The highest BCUT2D eigenvalue weighted by Gasteiger charge is 2.37. The predicted molar refractivity (Wildman–Crippen MR) is 188 cm³/mol. The largest absolute Gasteiger partial charge is 0.484 e. The van der Waals surface area contributed by atoms with Gasteiger partial charge in [-0.05, 0) is 17.2 Å². The van der Waals surface area contributed by atoms with E-state index in [1.165, 1.54) is 32.4 Å². The molecule has 2 amide bonds. The molecule has 2 aromatic carbocycles. The molecule has 1 aliphatic carbocycles. The molecule has 0 spiro atoms. The number of hydrogen-bond donors (Lipinski definition) is 3. The molecule has 6 rings (SSSR count). The third kappa shape index (κ3) is 9.71. The number of ketones is 1. The molecule has 0 saturated carbocycles. The van der Waals surface area contributed by atoms with Crippen LogP contribution in [0.4, 0.5) is 0 Å². The van der Waals surface area contributed by atoms with Crippen LogP contribution in [0.1, 0.15) is 21.6 Å². The van der Waals surface area contributed by atoms with E-state index >= 15 is 0 Å². The van der Waals surface area contributed by atoms with Crippen molar-refractivity contribution >= 4 is 17.6 Å². The van der Waals surface area contributed by atoms with Gasteiger partial charge in [0.15, 0.2) is 23.5 Å². The maximum Gasteiger partial charge on any atom is 0.278 e. The minimum atomic E-state index is -0.726. The average Bonchev–Trinajstić information content (AvgIpc) is 3.17. The van der Waals surface area contributed by atoms with Crippen LogP contribution in [0.2, 0.25) is 0 Å². The van der Waals surface area contributed by atoms with Gasteiger partial charge in [0, 0.05) is 39.6 Å². The van der Waals surface area contributed by atoms with Crippen LogP contribution in [0.25, 0.3) is 0 Å². The van der Waals surface area contributed by atoms with E-state index in [-0.39, 0.29) is 79.0 Å². The highest BCUT2D eigenvalue weighted by molar-refractivity contribution is 6.11. The molecule has 4 N–H and O–H groups in total. The molecule has 3 aromatic rings. The van der Waals surface area contributed by atoms with Gasteiger partial charge in [0.2, 0.25) is 11.2 Å².